The predicted octanol–water partition coefficient (Wildman–Crippen LogP) is 2.76. The Bertz CT molecular complexity index is 895. The minimum absolute atomic E-state index is 0.141. The average Bonchev–Trinajstić information content (AvgIpc) is 2.77. The van der Waals surface area contributed by atoms with Crippen LogP contribution < -0.4 is 5.56 Å². The van der Waals surface area contributed by atoms with Crippen molar-refractivity contribution in [2.24, 2.45) is 0 Å². The van der Waals surface area contributed by atoms with Gasteiger partial charge in [0.05, 0.1) is 5.69 Å². The summed E-state index contributed by atoms with van der Waals surface area (Å²) in [5.41, 5.74) is 3.71. The fourth-order valence-electron chi connectivity index (χ4n) is 2.46. The Hall–Kier alpha value is -2.08. The van der Waals surface area contributed by atoms with Crippen molar-refractivity contribution < 1.29 is 0 Å². The lowest BCUT2D eigenvalue weighted by Gasteiger charge is -2.07. The van der Waals surface area contributed by atoms with Crippen molar-refractivity contribution in [3.63, 3.8) is 0 Å². The van der Waals surface area contributed by atoms with Gasteiger partial charge in [-0.1, -0.05) is 17.7 Å². The van der Waals surface area contributed by atoms with Crippen molar-refractivity contribution in [3.05, 3.63) is 45.5 Å². The molecule has 0 radical (unpaired) electrons. The molecule has 0 fully saturated rings. The highest BCUT2D eigenvalue weighted by molar-refractivity contribution is 7.98. The number of hydrogen-bond acceptors (Lipinski definition) is 4. The van der Waals surface area contributed by atoms with Gasteiger partial charge in [-0.05, 0) is 38.7 Å². The lowest BCUT2D eigenvalue weighted by Crippen LogP contribution is -2.10. The molecule has 0 saturated carbocycles. The summed E-state index contributed by atoms with van der Waals surface area (Å²) in [5, 5.41) is 5.81. The number of aryl methyl sites for hydroxylation is 3. The number of hydrogen-bond donors (Lipinski definition) is 1. The molecule has 3 rings (SSSR count). The Morgan fingerprint density at radius 3 is 2.67 bits per heavy atom. The molecule has 1 N–H and O–H groups in total. The van der Waals surface area contributed by atoms with Crippen LogP contribution in [0.3, 0.4) is 0 Å². The van der Waals surface area contributed by atoms with E-state index < -0.39 is 0 Å². The molecule has 6 heteroatoms. The number of nitrogens with zero attached hydrogens (tertiary/aromatic N) is 3. The first-order chi connectivity index (χ1) is 10.0. The third kappa shape index (κ3) is 2.25. The topological polar surface area (TPSA) is 63.6 Å². The van der Waals surface area contributed by atoms with Crippen molar-refractivity contribution in [1.29, 1.82) is 0 Å². The molecule has 0 aliphatic rings. The molecule has 108 valence electrons. The number of aromatic nitrogens is 4. The quantitative estimate of drug-likeness (QED) is 0.739. The zero-order valence-electron chi connectivity index (χ0n) is 12.4. The zero-order valence-corrected chi connectivity index (χ0v) is 13.2. The normalized spacial score (nSPS) is 11.2. The second-order valence-electron chi connectivity index (χ2n) is 5.06. The first kappa shape index (κ1) is 13.9. The summed E-state index contributed by atoms with van der Waals surface area (Å²) in [5.74, 6) is 0.589. The van der Waals surface area contributed by atoms with E-state index in [2.05, 4.69) is 28.1 Å². The maximum absolute atomic E-state index is 12.2. The largest absolute Gasteiger partial charge is 0.310 e. The Morgan fingerprint density at radius 1 is 1.24 bits per heavy atom. The number of rotatable bonds is 2. The van der Waals surface area contributed by atoms with Gasteiger partial charge in [0.1, 0.15) is 16.2 Å². The summed E-state index contributed by atoms with van der Waals surface area (Å²) in [4.78, 5) is 19.4. The van der Waals surface area contributed by atoms with Crippen LogP contribution in [0.2, 0.25) is 0 Å². The van der Waals surface area contributed by atoms with Crippen molar-refractivity contribution in [2.75, 3.05) is 6.26 Å². The van der Waals surface area contributed by atoms with Gasteiger partial charge in [0.15, 0.2) is 5.65 Å². The van der Waals surface area contributed by atoms with Gasteiger partial charge in [0.2, 0.25) is 0 Å². The van der Waals surface area contributed by atoms with Crippen LogP contribution in [0.1, 0.15) is 17.0 Å². The Balaban J connectivity index is 2.40. The van der Waals surface area contributed by atoms with E-state index in [0.29, 0.717) is 21.9 Å². The molecule has 21 heavy (non-hydrogen) atoms. The molecule has 2 aromatic heterocycles. The van der Waals surface area contributed by atoms with Crippen LogP contribution in [0.15, 0.2) is 28.0 Å². The monoisotopic (exact) mass is 300 g/mol. The Kier molecular flexibility index (Phi) is 3.33. The molecule has 0 spiro atoms. The molecular formula is C15H16N4OS. The number of aromatic amines is 1. The second-order valence-corrected chi connectivity index (χ2v) is 5.86. The maximum atomic E-state index is 12.2. The fourth-order valence-corrected chi connectivity index (χ4v) is 3.01. The highest BCUT2D eigenvalue weighted by atomic mass is 32.2. The molecule has 0 aliphatic heterocycles. The van der Waals surface area contributed by atoms with Crippen LogP contribution in [-0.2, 0) is 0 Å². The highest BCUT2D eigenvalue weighted by Gasteiger charge is 2.17. The number of fused-ring (bicyclic) bond motifs is 1. The van der Waals surface area contributed by atoms with E-state index in [0.717, 1.165) is 11.3 Å². The summed E-state index contributed by atoms with van der Waals surface area (Å²) in [6.07, 6.45) is 1.91. The third-order valence-corrected chi connectivity index (χ3v) is 4.07. The zero-order chi connectivity index (χ0) is 15.1. The van der Waals surface area contributed by atoms with Gasteiger partial charge >= 0.3 is 0 Å². The van der Waals surface area contributed by atoms with Gasteiger partial charge in [-0.15, -0.1) is 11.8 Å². The standard InChI is InChI=1S/C15H16N4OS/c1-8-5-6-11(9(2)7-8)19-13-12(15(18-19)21-4)14(20)17-10(3)16-13/h5-7H,1-4H3,(H,16,17,20). The van der Waals surface area contributed by atoms with Crippen LogP contribution in [0.5, 0.6) is 0 Å². The Morgan fingerprint density at radius 2 is 2.00 bits per heavy atom. The Labute approximate surface area is 126 Å². The molecule has 1 aromatic carbocycles. The van der Waals surface area contributed by atoms with Crippen molar-refractivity contribution in [1.82, 2.24) is 19.7 Å². The van der Waals surface area contributed by atoms with Crippen LogP contribution in [0.4, 0.5) is 0 Å². The minimum Gasteiger partial charge on any atom is -0.310 e. The lowest BCUT2D eigenvalue weighted by atomic mass is 10.1. The van der Waals surface area contributed by atoms with Gasteiger partial charge in [-0.25, -0.2) is 9.67 Å². The van der Waals surface area contributed by atoms with E-state index in [-0.39, 0.29) is 5.56 Å². The average molecular weight is 300 g/mol. The van der Waals surface area contributed by atoms with Gasteiger partial charge in [-0.2, -0.15) is 5.10 Å². The summed E-state index contributed by atoms with van der Waals surface area (Å²) in [6.45, 7) is 5.87. The van der Waals surface area contributed by atoms with E-state index in [1.165, 1.54) is 17.3 Å². The second kappa shape index (κ2) is 5.04. The molecule has 5 nitrogen and oxygen atoms in total. The number of benzene rings is 1. The van der Waals surface area contributed by atoms with Gasteiger partial charge in [-0.3, -0.25) is 4.79 Å². The fraction of sp³-hybridized carbons (Fsp3) is 0.267. The first-order valence-electron chi connectivity index (χ1n) is 6.62. The number of thioether (sulfide) groups is 1. The molecule has 2 heterocycles. The number of H-pyrrole nitrogens is 1. The summed E-state index contributed by atoms with van der Waals surface area (Å²) < 4.78 is 1.76. The van der Waals surface area contributed by atoms with Crippen molar-refractivity contribution >= 4 is 22.8 Å². The molecule has 0 amide bonds. The van der Waals surface area contributed by atoms with E-state index in [4.69, 9.17) is 0 Å². The van der Waals surface area contributed by atoms with Gasteiger partial charge < -0.3 is 4.98 Å². The van der Waals surface area contributed by atoms with E-state index in [1.54, 1.807) is 11.6 Å². The molecule has 3 aromatic rings. The summed E-state index contributed by atoms with van der Waals surface area (Å²) in [7, 11) is 0. The highest BCUT2D eigenvalue weighted by Crippen LogP contribution is 2.25. The van der Waals surface area contributed by atoms with E-state index >= 15 is 0 Å². The number of nitrogens with one attached hydrogen (secondary N) is 1. The van der Waals surface area contributed by atoms with E-state index in [9.17, 15) is 4.79 Å². The van der Waals surface area contributed by atoms with Crippen molar-refractivity contribution in [3.8, 4) is 5.69 Å². The molecule has 0 unspecified atom stereocenters. The smallest absolute Gasteiger partial charge is 0.263 e. The van der Waals surface area contributed by atoms with Gasteiger partial charge in [0.25, 0.3) is 5.56 Å². The summed E-state index contributed by atoms with van der Waals surface area (Å²) >= 11 is 1.45. The van der Waals surface area contributed by atoms with E-state index in [1.807, 2.05) is 25.3 Å². The minimum atomic E-state index is -0.141. The van der Waals surface area contributed by atoms with Gasteiger partial charge in [0, 0.05) is 0 Å². The lowest BCUT2D eigenvalue weighted by molar-refractivity contribution is 0.842. The molecule has 0 atom stereocenters. The van der Waals surface area contributed by atoms with Crippen LogP contribution >= 0.6 is 11.8 Å². The SMILES string of the molecule is CSc1nn(-c2ccc(C)cc2C)c2nc(C)[nH]c(=O)c12. The maximum Gasteiger partial charge on any atom is 0.263 e. The third-order valence-electron chi connectivity index (χ3n) is 3.40. The molecule has 0 saturated heterocycles. The van der Waals surface area contributed by atoms with Crippen LogP contribution in [0, 0.1) is 20.8 Å². The van der Waals surface area contributed by atoms with Crippen LogP contribution in [-0.4, -0.2) is 26.0 Å². The predicted molar refractivity (Wildman–Crippen MR) is 85.5 cm³/mol. The molecule has 0 bridgehead atoms. The van der Waals surface area contributed by atoms with Crippen LogP contribution in [0.25, 0.3) is 16.7 Å². The molecule has 0 aliphatic carbocycles. The van der Waals surface area contributed by atoms with Crippen molar-refractivity contribution in [2.45, 2.75) is 25.8 Å². The summed E-state index contributed by atoms with van der Waals surface area (Å²) in [6, 6.07) is 6.15. The molecular weight excluding hydrogens is 284 g/mol. The first-order valence-corrected chi connectivity index (χ1v) is 7.85.